The Morgan fingerprint density at radius 1 is 1.43 bits per heavy atom. The number of guanidine groups is 1. The molecule has 0 aromatic rings. The van der Waals surface area contributed by atoms with Crippen molar-refractivity contribution >= 4 is 29.9 Å². The first-order valence-corrected chi connectivity index (χ1v) is 7.50. The second kappa shape index (κ2) is 11.3. The SMILES string of the molecule is C=CCCCN(C)C(=NC)NCC1CN(C)CCN1C.I. The smallest absolute Gasteiger partial charge is 0.193 e. The minimum Gasteiger partial charge on any atom is -0.355 e. The second-order valence-electron chi connectivity index (χ2n) is 5.68. The normalized spacial score (nSPS) is 20.8. The largest absolute Gasteiger partial charge is 0.355 e. The Balaban J connectivity index is 0.00000400. The molecule has 0 saturated carbocycles. The van der Waals surface area contributed by atoms with Crippen molar-refractivity contribution in [2.24, 2.45) is 4.99 Å². The average Bonchev–Trinajstić information content (AvgIpc) is 2.43. The number of piperazine rings is 1. The van der Waals surface area contributed by atoms with E-state index in [9.17, 15) is 0 Å². The highest BCUT2D eigenvalue weighted by Crippen LogP contribution is 2.05. The van der Waals surface area contributed by atoms with Gasteiger partial charge in [0.25, 0.3) is 0 Å². The molecule has 1 atom stereocenters. The number of nitrogens with one attached hydrogen (secondary N) is 1. The van der Waals surface area contributed by atoms with Gasteiger partial charge in [-0.3, -0.25) is 9.89 Å². The zero-order valence-electron chi connectivity index (χ0n) is 14.0. The summed E-state index contributed by atoms with van der Waals surface area (Å²) < 4.78 is 0. The summed E-state index contributed by atoms with van der Waals surface area (Å²) in [6.07, 6.45) is 4.14. The molecule has 1 fully saturated rings. The van der Waals surface area contributed by atoms with Gasteiger partial charge in [-0.05, 0) is 26.9 Å². The van der Waals surface area contributed by atoms with Crippen LogP contribution in [0.1, 0.15) is 12.8 Å². The molecule has 5 nitrogen and oxygen atoms in total. The molecule has 0 amide bonds. The summed E-state index contributed by atoms with van der Waals surface area (Å²) in [5.41, 5.74) is 0. The van der Waals surface area contributed by atoms with Gasteiger partial charge >= 0.3 is 0 Å². The van der Waals surface area contributed by atoms with Crippen molar-refractivity contribution in [3.63, 3.8) is 0 Å². The molecule has 21 heavy (non-hydrogen) atoms. The molecule has 0 bridgehead atoms. The highest BCUT2D eigenvalue weighted by Gasteiger charge is 2.22. The molecule has 1 unspecified atom stereocenters. The standard InChI is InChI=1S/C15H31N5.HI/c1-6-7-8-9-20(5)15(16-2)17-12-14-13-18(3)10-11-19(14)4;/h6,14H,1,7-13H2,2-5H3,(H,16,17);1H. The topological polar surface area (TPSA) is 34.1 Å². The van der Waals surface area contributed by atoms with E-state index >= 15 is 0 Å². The van der Waals surface area contributed by atoms with Gasteiger partial charge in [-0.2, -0.15) is 0 Å². The molecular formula is C15H32IN5. The van der Waals surface area contributed by atoms with Crippen LogP contribution in [-0.4, -0.2) is 87.6 Å². The number of halogens is 1. The van der Waals surface area contributed by atoms with Gasteiger partial charge in [0.2, 0.25) is 0 Å². The van der Waals surface area contributed by atoms with Crippen LogP contribution in [0, 0.1) is 0 Å². The minimum atomic E-state index is 0. The fraction of sp³-hybridized carbons (Fsp3) is 0.800. The van der Waals surface area contributed by atoms with Crippen LogP contribution in [0.2, 0.25) is 0 Å². The maximum absolute atomic E-state index is 4.37. The van der Waals surface area contributed by atoms with Crippen LogP contribution in [0.25, 0.3) is 0 Å². The molecule has 0 aliphatic carbocycles. The number of hydrogen-bond donors (Lipinski definition) is 1. The van der Waals surface area contributed by atoms with E-state index < -0.39 is 0 Å². The fourth-order valence-electron chi connectivity index (χ4n) is 2.49. The molecule has 1 saturated heterocycles. The van der Waals surface area contributed by atoms with Gasteiger partial charge < -0.3 is 15.1 Å². The number of unbranched alkanes of at least 4 members (excludes halogenated alkanes) is 1. The van der Waals surface area contributed by atoms with Gasteiger partial charge in [0.1, 0.15) is 0 Å². The highest BCUT2D eigenvalue weighted by atomic mass is 127. The molecule has 6 heteroatoms. The molecule has 1 aliphatic rings. The fourth-order valence-corrected chi connectivity index (χ4v) is 2.49. The van der Waals surface area contributed by atoms with Gasteiger partial charge in [0.15, 0.2) is 5.96 Å². The Kier molecular flexibility index (Phi) is 11.1. The van der Waals surface area contributed by atoms with Crippen molar-refractivity contribution in [3.05, 3.63) is 12.7 Å². The number of allylic oxidation sites excluding steroid dienone is 1. The molecule has 0 spiro atoms. The van der Waals surface area contributed by atoms with Crippen molar-refractivity contribution in [1.82, 2.24) is 20.0 Å². The maximum Gasteiger partial charge on any atom is 0.193 e. The molecule has 124 valence electrons. The highest BCUT2D eigenvalue weighted by molar-refractivity contribution is 14.0. The van der Waals surface area contributed by atoms with Crippen LogP contribution in [-0.2, 0) is 0 Å². The summed E-state index contributed by atoms with van der Waals surface area (Å²) in [6.45, 7) is 9.11. The number of nitrogens with zero attached hydrogens (tertiary/aromatic N) is 4. The number of rotatable bonds is 6. The summed E-state index contributed by atoms with van der Waals surface area (Å²) in [7, 11) is 8.34. The summed E-state index contributed by atoms with van der Waals surface area (Å²) in [4.78, 5) is 11.4. The molecule has 1 N–H and O–H groups in total. The van der Waals surface area contributed by atoms with Crippen LogP contribution < -0.4 is 5.32 Å². The Labute approximate surface area is 147 Å². The Morgan fingerprint density at radius 2 is 2.14 bits per heavy atom. The first-order valence-electron chi connectivity index (χ1n) is 7.50. The van der Waals surface area contributed by atoms with Crippen molar-refractivity contribution in [1.29, 1.82) is 0 Å². The molecular weight excluding hydrogens is 377 g/mol. The summed E-state index contributed by atoms with van der Waals surface area (Å²) >= 11 is 0. The van der Waals surface area contributed by atoms with Crippen LogP contribution in [0.15, 0.2) is 17.6 Å². The lowest BCUT2D eigenvalue weighted by atomic mass is 10.2. The van der Waals surface area contributed by atoms with Gasteiger partial charge in [-0.25, -0.2) is 0 Å². The zero-order chi connectivity index (χ0) is 15.0. The first kappa shape index (κ1) is 20.7. The van der Waals surface area contributed by atoms with Crippen molar-refractivity contribution in [2.45, 2.75) is 18.9 Å². The van der Waals surface area contributed by atoms with E-state index in [1.807, 2.05) is 13.1 Å². The maximum atomic E-state index is 4.37. The summed E-state index contributed by atoms with van der Waals surface area (Å²) in [5, 5.41) is 3.50. The third-order valence-electron chi connectivity index (χ3n) is 3.95. The van der Waals surface area contributed by atoms with Gasteiger partial charge in [0.05, 0.1) is 0 Å². The monoisotopic (exact) mass is 409 g/mol. The molecule has 1 aliphatic heterocycles. The van der Waals surface area contributed by atoms with E-state index in [-0.39, 0.29) is 24.0 Å². The Hall–Kier alpha value is -0.340. The van der Waals surface area contributed by atoms with Crippen LogP contribution in [0.5, 0.6) is 0 Å². The van der Waals surface area contributed by atoms with E-state index in [1.54, 1.807) is 0 Å². The van der Waals surface area contributed by atoms with Crippen molar-refractivity contribution < 1.29 is 0 Å². The van der Waals surface area contributed by atoms with Crippen molar-refractivity contribution in [2.75, 3.05) is 60.9 Å². The van der Waals surface area contributed by atoms with Crippen LogP contribution >= 0.6 is 24.0 Å². The number of likely N-dealkylation sites (N-methyl/N-ethyl adjacent to an activating group) is 2. The lowest BCUT2D eigenvalue weighted by Crippen LogP contribution is -2.55. The predicted octanol–water partition coefficient (Wildman–Crippen LogP) is 1.32. The molecule has 0 aromatic carbocycles. The third-order valence-corrected chi connectivity index (χ3v) is 3.95. The number of hydrogen-bond acceptors (Lipinski definition) is 3. The Morgan fingerprint density at radius 3 is 2.76 bits per heavy atom. The average molecular weight is 409 g/mol. The summed E-state index contributed by atoms with van der Waals surface area (Å²) in [6, 6.07) is 0.548. The van der Waals surface area contributed by atoms with E-state index in [0.29, 0.717) is 6.04 Å². The van der Waals surface area contributed by atoms with Crippen LogP contribution in [0.4, 0.5) is 0 Å². The van der Waals surface area contributed by atoms with E-state index in [2.05, 4.69) is 52.7 Å². The van der Waals surface area contributed by atoms with Gasteiger partial charge in [-0.15, -0.1) is 30.6 Å². The van der Waals surface area contributed by atoms with Crippen molar-refractivity contribution in [3.8, 4) is 0 Å². The lowest BCUT2D eigenvalue weighted by Gasteiger charge is -2.38. The van der Waals surface area contributed by atoms with Crippen LogP contribution in [0.3, 0.4) is 0 Å². The lowest BCUT2D eigenvalue weighted by molar-refractivity contribution is 0.116. The first-order chi connectivity index (χ1) is 9.58. The molecule has 0 radical (unpaired) electrons. The predicted molar refractivity (Wildman–Crippen MR) is 103 cm³/mol. The number of aliphatic imine (C=N–C) groups is 1. The minimum absolute atomic E-state index is 0. The van der Waals surface area contributed by atoms with Gasteiger partial charge in [-0.1, -0.05) is 6.08 Å². The van der Waals surface area contributed by atoms with E-state index in [0.717, 1.165) is 51.5 Å². The van der Waals surface area contributed by atoms with E-state index in [4.69, 9.17) is 0 Å². The van der Waals surface area contributed by atoms with Gasteiger partial charge in [0, 0.05) is 52.9 Å². The molecule has 1 rings (SSSR count). The molecule has 1 heterocycles. The zero-order valence-corrected chi connectivity index (χ0v) is 16.3. The Bertz CT molecular complexity index is 321. The van der Waals surface area contributed by atoms with E-state index in [1.165, 1.54) is 0 Å². The molecule has 0 aromatic heterocycles. The third kappa shape index (κ3) is 7.46. The summed E-state index contributed by atoms with van der Waals surface area (Å²) in [5.74, 6) is 0.982. The second-order valence-corrected chi connectivity index (χ2v) is 5.68. The quantitative estimate of drug-likeness (QED) is 0.236.